The molecule has 3 rings (SSSR count). The first-order valence-corrected chi connectivity index (χ1v) is 8.30. The number of aromatic nitrogens is 1. The van der Waals surface area contributed by atoms with Crippen molar-refractivity contribution < 1.29 is 19.4 Å². The van der Waals surface area contributed by atoms with Gasteiger partial charge in [-0.25, -0.2) is 9.78 Å². The number of carbonyl (C=O) groups is 2. The minimum absolute atomic E-state index is 0.0799. The molecule has 6 nitrogen and oxygen atoms in total. The van der Waals surface area contributed by atoms with E-state index in [-0.39, 0.29) is 22.0 Å². The minimum Gasteiger partial charge on any atom is -0.477 e. The highest BCUT2D eigenvalue weighted by molar-refractivity contribution is 8.00. The Balaban J connectivity index is 1.76. The smallest absolute Gasteiger partial charge is 0.354 e. The molecule has 0 aliphatic carbocycles. The van der Waals surface area contributed by atoms with E-state index in [2.05, 4.69) is 4.98 Å². The van der Waals surface area contributed by atoms with E-state index in [1.807, 2.05) is 11.8 Å². The first kappa shape index (κ1) is 15.3. The molecule has 1 aromatic heterocycles. The van der Waals surface area contributed by atoms with Crippen LogP contribution in [-0.2, 0) is 4.74 Å². The summed E-state index contributed by atoms with van der Waals surface area (Å²) in [7, 11) is 0. The third-order valence-electron chi connectivity index (χ3n) is 4.13. The van der Waals surface area contributed by atoms with Gasteiger partial charge in [-0.1, -0.05) is 6.07 Å². The lowest BCUT2D eigenvalue weighted by Gasteiger charge is -2.44. The quantitative estimate of drug-likeness (QED) is 0.889. The summed E-state index contributed by atoms with van der Waals surface area (Å²) in [5, 5.41) is 9.00. The summed E-state index contributed by atoms with van der Waals surface area (Å²) in [4.78, 5) is 29.4. The topological polar surface area (TPSA) is 79.7 Å². The first-order chi connectivity index (χ1) is 10.6. The van der Waals surface area contributed by atoms with Crippen LogP contribution in [0.3, 0.4) is 0 Å². The molecule has 0 saturated carbocycles. The van der Waals surface area contributed by atoms with Crippen LogP contribution in [0.15, 0.2) is 18.2 Å². The van der Waals surface area contributed by atoms with Gasteiger partial charge in [-0.05, 0) is 25.0 Å². The molecular weight excluding hydrogens is 304 g/mol. The predicted octanol–water partition coefficient (Wildman–Crippen LogP) is 1.52. The van der Waals surface area contributed by atoms with Crippen LogP contribution >= 0.6 is 11.8 Å². The molecule has 22 heavy (non-hydrogen) atoms. The molecule has 0 unspecified atom stereocenters. The maximum Gasteiger partial charge on any atom is 0.354 e. The lowest BCUT2D eigenvalue weighted by atomic mass is 9.97. The van der Waals surface area contributed by atoms with Gasteiger partial charge in [0.1, 0.15) is 11.4 Å². The van der Waals surface area contributed by atoms with Gasteiger partial charge in [0.2, 0.25) is 0 Å². The zero-order chi connectivity index (χ0) is 15.6. The number of pyridine rings is 1. The van der Waals surface area contributed by atoms with Gasteiger partial charge in [0.05, 0.1) is 0 Å². The maximum atomic E-state index is 12.6. The highest BCUT2D eigenvalue weighted by atomic mass is 32.2. The number of aromatic carboxylic acids is 1. The molecule has 118 valence electrons. The normalized spacial score (nSPS) is 20.8. The number of amides is 1. The van der Waals surface area contributed by atoms with E-state index < -0.39 is 5.97 Å². The van der Waals surface area contributed by atoms with Crippen LogP contribution < -0.4 is 0 Å². The van der Waals surface area contributed by atoms with Crippen molar-refractivity contribution in [3.8, 4) is 0 Å². The zero-order valence-corrected chi connectivity index (χ0v) is 13.0. The van der Waals surface area contributed by atoms with Crippen LogP contribution in [0.4, 0.5) is 0 Å². The lowest BCUT2D eigenvalue weighted by molar-refractivity contribution is 0.0532. The Morgan fingerprint density at radius 1 is 1.27 bits per heavy atom. The highest BCUT2D eigenvalue weighted by Crippen LogP contribution is 2.39. The number of carbonyl (C=O) groups excluding carboxylic acids is 1. The summed E-state index contributed by atoms with van der Waals surface area (Å²) in [6.45, 7) is 2.83. The van der Waals surface area contributed by atoms with E-state index in [0.29, 0.717) is 13.1 Å². The Labute approximate surface area is 132 Å². The van der Waals surface area contributed by atoms with Crippen LogP contribution in [0.5, 0.6) is 0 Å². The summed E-state index contributed by atoms with van der Waals surface area (Å²) in [6, 6.07) is 4.53. The molecule has 1 N–H and O–H groups in total. The molecule has 0 atom stereocenters. The highest BCUT2D eigenvalue weighted by Gasteiger charge is 2.39. The van der Waals surface area contributed by atoms with Crippen molar-refractivity contribution >= 4 is 23.6 Å². The SMILES string of the molecule is O=C(O)c1cccc(C(=O)N2CCSC3(CCOCC3)C2)n1. The molecule has 0 radical (unpaired) electrons. The van der Waals surface area contributed by atoms with Gasteiger partial charge in [0.15, 0.2) is 0 Å². The van der Waals surface area contributed by atoms with Crippen molar-refractivity contribution in [1.29, 1.82) is 0 Å². The third-order valence-corrected chi connectivity index (χ3v) is 5.66. The van der Waals surface area contributed by atoms with Crippen molar-refractivity contribution in [2.24, 2.45) is 0 Å². The largest absolute Gasteiger partial charge is 0.477 e. The molecule has 2 saturated heterocycles. The summed E-state index contributed by atoms with van der Waals surface area (Å²) in [5.74, 6) is -0.413. The number of ether oxygens (including phenoxy) is 1. The van der Waals surface area contributed by atoms with Gasteiger partial charge in [0, 0.05) is 36.8 Å². The number of carboxylic acid groups (broad SMARTS) is 1. The standard InChI is InChI=1S/C15H18N2O4S/c18-13(11-2-1-3-12(16-11)14(19)20)17-6-9-22-15(10-17)4-7-21-8-5-15/h1-3H,4-10H2,(H,19,20). The molecule has 0 aromatic carbocycles. The van der Waals surface area contributed by atoms with Gasteiger partial charge in [-0.2, -0.15) is 11.8 Å². The summed E-state index contributed by atoms with van der Waals surface area (Å²) in [6.07, 6.45) is 1.90. The van der Waals surface area contributed by atoms with E-state index >= 15 is 0 Å². The molecule has 2 aliphatic rings. The zero-order valence-electron chi connectivity index (χ0n) is 12.2. The van der Waals surface area contributed by atoms with Gasteiger partial charge < -0.3 is 14.7 Å². The maximum absolute atomic E-state index is 12.6. The Kier molecular flexibility index (Phi) is 4.35. The fourth-order valence-electron chi connectivity index (χ4n) is 2.90. The van der Waals surface area contributed by atoms with E-state index in [9.17, 15) is 9.59 Å². The van der Waals surface area contributed by atoms with Crippen LogP contribution in [0.2, 0.25) is 0 Å². The molecule has 1 spiro atoms. The number of thioether (sulfide) groups is 1. The molecule has 2 fully saturated rings. The van der Waals surface area contributed by atoms with Crippen LogP contribution in [0, 0.1) is 0 Å². The Morgan fingerprint density at radius 3 is 2.73 bits per heavy atom. The Hall–Kier alpha value is -1.60. The minimum atomic E-state index is -1.12. The van der Waals surface area contributed by atoms with E-state index in [0.717, 1.165) is 31.8 Å². The summed E-state index contributed by atoms with van der Waals surface area (Å²) < 4.78 is 5.50. The molecular formula is C15H18N2O4S. The molecule has 1 aromatic rings. The second-order valence-corrected chi connectivity index (χ2v) is 7.15. The molecule has 0 bridgehead atoms. The number of rotatable bonds is 2. The van der Waals surface area contributed by atoms with Crippen molar-refractivity contribution in [2.45, 2.75) is 17.6 Å². The first-order valence-electron chi connectivity index (χ1n) is 7.31. The fourth-order valence-corrected chi connectivity index (χ4v) is 4.35. The van der Waals surface area contributed by atoms with E-state index in [1.54, 1.807) is 17.0 Å². The number of nitrogens with zero attached hydrogens (tertiary/aromatic N) is 2. The molecule has 7 heteroatoms. The molecule has 1 amide bonds. The molecule has 3 heterocycles. The fraction of sp³-hybridized carbons (Fsp3) is 0.533. The van der Waals surface area contributed by atoms with Crippen LogP contribution in [-0.4, -0.2) is 63.7 Å². The van der Waals surface area contributed by atoms with Crippen molar-refractivity contribution in [3.63, 3.8) is 0 Å². The lowest BCUT2D eigenvalue weighted by Crippen LogP contribution is -2.51. The number of hydrogen-bond donors (Lipinski definition) is 1. The van der Waals surface area contributed by atoms with Crippen molar-refractivity contribution in [3.05, 3.63) is 29.6 Å². The number of hydrogen-bond acceptors (Lipinski definition) is 5. The second kappa shape index (κ2) is 6.26. The van der Waals surface area contributed by atoms with Gasteiger partial charge in [0.25, 0.3) is 5.91 Å². The molecule has 2 aliphatic heterocycles. The van der Waals surface area contributed by atoms with Gasteiger partial charge in [-0.3, -0.25) is 4.79 Å². The average Bonchev–Trinajstić information content (AvgIpc) is 2.55. The number of carboxylic acids is 1. The van der Waals surface area contributed by atoms with Gasteiger partial charge in [-0.15, -0.1) is 0 Å². The van der Waals surface area contributed by atoms with Crippen LogP contribution in [0.25, 0.3) is 0 Å². The average molecular weight is 322 g/mol. The predicted molar refractivity (Wildman–Crippen MR) is 82.3 cm³/mol. The third kappa shape index (κ3) is 3.10. The Morgan fingerprint density at radius 2 is 2.00 bits per heavy atom. The van der Waals surface area contributed by atoms with Crippen LogP contribution in [0.1, 0.15) is 33.8 Å². The van der Waals surface area contributed by atoms with E-state index in [1.165, 1.54) is 6.07 Å². The van der Waals surface area contributed by atoms with Crippen molar-refractivity contribution in [1.82, 2.24) is 9.88 Å². The van der Waals surface area contributed by atoms with Crippen molar-refractivity contribution in [2.75, 3.05) is 32.1 Å². The van der Waals surface area contributed by atoms with Gasteiger partial charge >= 0.3 is 5.97 Å². The van der Waals surface area contributed by atoms with E-state index in [4.69, 9.17) is 9.84 Å². The summed E-state index contributed by atoms with van der Waals surface area (Å²) in [5.41, 5.74) is 0.104. The Bertz CT molecular complexity index is 581. The summed E-state index contributed by atoms with van der Waals surface area (Å²) >= 11 is 1.92. The monoisotopic (exact) mass is 322 g/mol. The second-order valence-electron chi connectivity index (χ2n) is 5.58.